The number of aliphatic hydroxyl groups is 1. The van der Waals surface area contributed by atoms with E-state index in [1.54, 1.807) is 0 Å². The van der Waals surface area contributed by atoms with Crippen LogP contribution in [0.4, 0.5) is 0 Å². The molecule has 118 valence electrons. The minimum Gasteiger partial charge on any atom is -0.396 e. The summed E-state index contributed by atoms with van der Waals surface area (Å²) < 4.78 is 30.9. The Labute approximate surface area is 126 Å². The molecule has 21 heavy (non-hydrogen) atoms. The van der Waals surface area contributed by atoms with Crippen molar-refractivity contribution in [3.8, 4) is 0 Å². The van der Waals surface area contributed by atoms with E-state index in [0.29, 0.717) is 19.8 Å². The first-order valence-electron chi connectivity index (χ1n) is 7.20. The highest BCUT2D eigenvalue weighted by Crippen LogP contribution is 2.24. The number of ether oxygens (including phenoxy) is 1. The molecule has 0 amide bonds. The number of hydrogen-bond donors (Lipinski definition) is 1. The van der Waals surface area contributed by atoms with Crippen LogP contribution in [0.25, 0.3) is 0 Å². The molecule has 2 unspecified atom stereocenters. The van der Waals surface area contributed by atoms with Gasteiger partial charge in [0.15, 0.2) is 0 Å². The maximum absolute atomic E-state index is 11.9. The maximum atomic E-state index is 11.9. The molecule has 0 aliphatic carbocycles. The number of rotatable bonds is 6. The molecule has 1 N–H and O–H groups in total. The molecule has 1 fully saturated rings. The van der Waals surface area contributed by atoms with Gasteiger partial charge in [0, 0.05) is 19.2 Å². The molecule has 1 aliphatic rings. The summed E-state index contributed by atoms with van der Waals surface area (Å²) in [7, 11) is -3.27. The topological polar surface area (TPSA) is 66.8 Å². The lowest BCUT2D eigenvalue weighted by atomic mass is 9.96. The van der Waals surface area contributed by atoms with Crippen LogP contribution < -0.4 is 0 Å². The number of sulfonamides is 1. The van der Waals surface area contributed by atoms with E-state index in [9.17, 15) is 13.5 Å². The van der Waals surface area contributed by atoms with Gasteiger partial charge in [-0.2, -0.15) is 4.31 Å². The molecule has 2 rings (SSSR count). The van der Waals surface area contributed by atoms with E-state index in [1.807, 2.05) is 30.3 Å². The summed E-state index contributed by atoms with van der Waals surface area (Å²) in [5.74, 6) is 0.0325. The molecule has 0 spiro atoms. The van der Waals surface area contributed by atoms with Gasteiger partial charge in [-0.1, -0.05) is 30.3 Å². The van der Waals surface area contributed by atoms with Crippen LogP contribution in [0.15, 0.2) is 30.3 Å². The Morgan fingerprint density at radius 1 is 1.29 bits per heavy atom. The van der Waals surface area contributed by atoms with E-state index in [-0.39, 0.29) is 18.6 Å². The lowest BCUT2D eigenvalue weighted by Gasteiger charge is -2.37. The van der Waals surface area contributed by atoms with E-state index in [2.05, 4.69) is 0 Å². The quantitative estimate of drug-likeness (QED) is 0.858. The summed E-state index contributed by atoms with van der Waals surface area (Å²) in [5, 5.41) is 9.23. The van der Waals surface area contributed by atoms with E-state index in [4.69, 9.17) is 4.74 Å². The normalized spacial score (nSPS) is 24.1. The fourth-order valence-electron chi connectivity index (χ4n) is 2.68. The monoisotopic (exact) mass is 313 g/mol. The molecule has 0 aromatic heterocycles. The summed E-state index contributed by atoms with van der Waals surface area (Å²) >= 11 is 0. The van der Waals surface area contributed by atoms with Gasteiger partial charge in [-0.15, -0.1) is 0 Å². The Kier molecular flexibility index (Phi) is 5.75. The SMILES string of the molecule is CS(=O)(=O)N1CC(CO)CCC1COCc1ccccc1. The van der Waals surface area contributed by atoms with Crippen molar-refractivity contribution in [2.45, 2.75) is 25.5 Å². The van der Waals surface area contributed by atoms with Crippen molar-refractivity contribution in [2.24, 2.45) is 5.92 Å². The van der Waals surface area contributed by atoms with Gasteiger partial charge in [0.05, 0.1) is 19.5 Å². The average Bonchev–Trinajstić information content (AvgIpc) is 2.47. The van der Waals surface area contributed by atoms with Crippen LogP contribution in [0, 0.1) is 5.92 Å². The minimum atomic E-state index is -3.27. The molecular weight excluding hydrogens is 290 g/mol. The van der Waals surface area contributed by atoms with Gasteiger partial charge in [-0.25, -0.2) is 8.42 Å². The molecular formula is C15H23NO4S. The van der Waals surface area contributed by atoms with Crippen LogP contribution in [0.3, 0.4) is 0 Å². The highest BCUT2D eigenvalue weighted by atomic mass is 32.2. The van der Waals surface area contributed by atoms with Gasteiger partial charge < -0.3 is 9.84 Å². The third kappa shape index (κ3) is 4.78. The van der Waals surface area contributed by atoms with Gasteiger partial charge in [0.2, 0.25) is 10.0 Å². The van der Waals surface area contributed by atoms with E-state index in [1.165, 1.54) is 10.6 Å². The number of aliphatic hydroxyl groups excluding tert-OH is 1. The molecule has 1 aromatic rings. The molecule has 6 heteroatoms. The predicted octanol–water partition coefficient (Wildman–Crippen LogP) is 1.24. The second kappa shape index (κ2) is 7.35. The first-order chi connectivity index (χ1) is 10.0. The van der Waals surface area contributed by atoms with Crippen LogP contribution in [-0.2, 0) is 21.4 Å². The molecule has 0 bridgehead atoms. The maximum Gasteiger partial charge on any atom is 0.211 e. The summed E-state index contributed by atoms with van der Waals surface area (Å²) in [6, 6.07) is 9.69. The summed E-state index contributed by atoms with van der Waals surface area (Å²) in [4.78, 5) is 0. The van der Waals surface area contributed by atoms with Gasteiger partial charge in [-0.3, -0.25) is 0 Å². The highest BCUT2D eigenvalue weighted by molar-refractivity contribution is 7.88. The molecule has 1 saturated heterocycles. The smallest absolute Gasteiger partial charge is 0.211 e. The van der Waals surface area contributed by atoms with Crippen LogP contribution >= 0.6 is 0 Å². The number of benzene rings is 1. The van der Waals surface area contributed by atoms with E-state index >= 15 is 0 Å². The molecule has 0 radical (unpaired) electrons. The Bertz CT molecular complexity index is 532. The summed E-state index contributed by atoms with van der Waals surface area (Å²) in [5.41, 5.74) is 1.08. The van der Waals surface area contributed by atoms with E-state index < -0.39 is 10.0 Å². The molecule has 1 heterocycles. The number of hydrogen-bond acceptors (Lipinski definition) is 4. The summed E-state index contributed by atoms with van der Waals surface area (Å²) in [6.45, 7) is 1.29. The van der Waals surface area contributed by atoms with Crippen molar-refractivity contribution in [2.75, 3.05) is 26.0 Å². The zero-order valence-electron chi connectivity index (χ0n) is 12.3. The van der Waals surface area contributed by atoms with Gasteiger partial charge in [0.1, 0.15) is 0 Å². The Morgan fingerprint density at radius 3 is 2.62 bits per heavy atom. The van der Waals surface area contributed by atoms with Gasteiger partial charge in [0.25, 0.3) is 0 Å². The van der Waals surface area contributed by atoms with Crippen molar-refractivity contribution < 1.29 is 18.3 Å². The van der Waals surface area contributed by atoms with Crippen LogP contribution in [0.2, 0.25) is 0 Å². The van der Waals surface area contributed by atoms with Crippen molar-refractivity contribution >= 4 is 10.0 Å². The van der Waals surface area contributed by atoms with Crippen LogP contribution in [0.5, 0.6) is 0 Å². The van der Waals surface area contributed by atoms with Gasteiger partial charge >= 0.3 is 0 Å². The largest absolute Gasteiger partial charge is 0.396 e. The average molecular weight is 313 g/mol. The third-order valence-corrected chi connectivity index (χ3v) is 5.16. The lowest BCUT2D eigenvalue weighted by molar-refractivity contribution is 0.0455. The van der Waals surface area contributed by atoms with Gasteiger partial charge in [-0.05, 0) is 24.3 Å². The summed E-state index contributed by atoms with van der Waals surface area (Å²) in [6.07, 6.45) is 2.78. The molecule has 2 atom stereocenters. The molecule has 5 nitrogen and oxygen atoms in total. The predicted molar refractivity (Wildman–Crippen MR) is 81.2 cm³/mol. The highest BCUT2D eigenvalue weighted by Gasteiger charge is 2.33. The first kappa shape index (κ1) is 16.4. The van der Waals surface area contributed by atoms with Crippen molar-refractivity contribution in [3.05, 3.63) is 35.9 Å². The Hall–Kier alpha value is -0.950. The zero-order valence-corrected chi connectivity index (χ0v) is 13.1. The zero-order chi connectivity index (χ0) is 15.3. The Balaban J connectivity index is 1.91. The lowest BCUT2D eigenvalue weighted by Crippen LogP contribution is -2.49. The molecule has 0 saturated carbocycles. The minimum absolute atomic E-state index is 0.0314. The molecule has 1 aliphatic heterocycles. The fraction of sp³-hybridized carbons (Fsp3) is 0.600. The Morgan fingerprint density at radius 2 is 2.00 bits per heavy atom. The second-order valence-electron chi connectivity index (χ2n) is 5.61. The van der Waals surface area contributed by atoms with Crippen molar-refractivity contribution in [3.63, 3.8) is 0 Å². The first-order valence-corrected chi connectivity index (χ1v) is 9.05. The van der Waals surface area contributed by atoms with Crippen molar-refractivity contribution in [1.82, 2.24) is 4.31 Å². The van der Waals surface area contributed by atoms with Crippen LogP contribution in [-0.4, -0.2) is 49.9 Å². The van der Waals surface area contributed by atoms with Crippen molar-refractivity contribution in [1.29, 1.82) is 0 Å². The molecule has 1 aromatic carbocycles. The third-order valence-electron chi connectivity index (χ3n) is 3.86. The van der Waals surface area contributed by atoms with E-state index in [0.717, 1.165) is 18.4 Å². The number of nitrogens with zero attached hydrogens (tertiary/aromatic N) is 1. The van der Waals surface area contributed by atoms with Crippen LogP contribution in [0.1, 0.15) is 18.4 Å². The second-order valence-corrected chi connectivity index (χ2v) is 7.55. The number of piperidine rings is 1. The fourth-order valence-corrected chi connectivity index (χ4v) is 3.87. The standard InChI is InChI=1S/C15H23NO4S/c1-21(18,19)16-9-14(10-17)7-8-15(16)12-20-11-13-5-3-2-4-6-13/h2-6,14-15,17H,7-12H2,1H3.